The molecule has 47 heavy (non-hydrogen) atoms. The number of aliphatic hydroxyl groups is 1. The topological polar surface area (TPSA) is 114 Å². The van der Waals surface area contributed by atoms with Crippen molar-refractivity contribution < 1.29 is 14.6 Å². The normalized spacial score (nSPS) is 21.0. The van der Waals surface area contributed by atoms with Crippen molar-refractivity contribution in [2.45, 2.75) is 70.5 Å². The lowest BCUT2D eigenvalue weighted by Crippen LogP contribution is -2.41. The average Bonchev–Trinajstić information content (AvgIpc) is 3.67. The van der Waals surface area contributed by atoms with Gasteiger partial charge in [0.05, 0.1) is 36.8 Å². The lowest BCUT2D eigenvalue weighted by Gasteiger charge is -2.34. The first-order chi connectivity index (χ1) is 22.6. The van der Waals surface area contributed by atoms with Crippen LogP contribution in [0.15, 0.2) is 72.9 Å². The summed E-state index contributed by atoms with van der Waals surface area (Å²) < 4.78 is 16.3. The highest BCUT2D eigenvalue weighted by Gasteiger charge is 2.31. The second kappa shape index (κ2) is 12.7. The Morgan fingerprint density at radius 2 is 1.79 bits per heavy atom. The zero-order valence-electron chi connectivity index (χ0n) is 27.7. The van der Waals surface area contributed by atoms with E-state index in [2.05, 4.69) is 84.7 Å². The monoisotopic (exact) mass is 636 g/mol. The summed E-state index contributed by atoms with van der Waals surface area (Å²) in [7, 11) is 2.09. The molecule has 2 unspecified atom stereocenters. The van der Waals surface area contributed by atoms with Crippen molar-refractivity contribution in [3.63, 3.8) is 0 Å². The Morgan fingerprint density at radius 1 is 1.00 bits per heavy atom. The molecule has 11 heteroatoms. The molecule has 3 N–H and O–H groups in total. The number of likely N-dealkylation sites (N-methyl/N-ethyl adjacent to an activating group) is 1. The minimum absolute atomic E-state index is 0.0341. The number of hydrogen-bond acceptors (Lipinski definition) is 9. The van der Waals surface area contributed by atoms with Gasteiger partial charge in [0.25, 0.3) is 0 Å². The third-order valence-corrected chi connectivity index (χ3v) is 9.21. The van der Waals surface area contributed by atoms with Gasteiger partial charge >= 0.3 is 0 Å². The predicted molar refractivity (Wildman–Crippen MR) is 181 cm³/mol. The van der Waals surface area contributed by atoms with Crippen LogP contribution in [-0.2, 0) is 10.2 Å². The third kappa shape index (κ3) is 6.48. The van der Waals surface area contributed by atoms with E-state index in [1.807, 2.05) is 57.7 Å². The van der Waals surface area contributed by atoms with Gasteiger partial charge in [-0.1, -0.05) is 62.7 Å². The number of hydrogen-bond donors (Lipinski definition) is 3. The van der Waals surface area contributed by atoms with Crippen LogP contribution in [-0.4, -0.2) is 67.5 Å². The van der Waals surface area contributed by atoms with Crippen LogP contribution in [0.25, 0.3) is 11.3 Å². The molecular weight excluding hydrogens is 592 g/mol. The molecule has 1 aliphatic heterocycles. The summed E-state index contributed by atoms with van der Waals surface area (Å²) in [4.78, 5) is 2.25. The smallest absolute Gasteiger partial charge is 0.183 e. The molecule has 1 aliphatic carbocycles. The zero-order valence-corrected chi connectivity index (χ0v) is 27.7. The summed E-state index contributed by atoms with van der Waals surface area (Å²) >= 11 is 0. The number of benzene rings is 2. The second-order valence-corrected chi connectivity index (χ2v) is 13.7. The van der Waals surface area contributed by atoms with Gasteiger partial charge in [-0.2, -0.15) is 5.10 Å². The SMILES string of the molecule is Cc1ccc(-n2nc(C(C)(C)C)cc2NC(O)N[C@H]2CCC(Oc3ccc4nnc([C@H]5COCCN5C)n4c3)c3ccccc32)cc1. The van der Waals surface area contributed by atoms with Crippen LogP contribution in [0.3, 0.4) is 0 Å². The van der Waals surface area contributed by atoms with Gasteiger partial charge in [-0.15, -0.1) is 10.2 Å². The van der Waals surface area contributed by atoms with E-state index in [1.54, 1.807) is 0 Å². The Morgan fingerprint density at radius 3 is 2.55 bits per heavy atom. The van der Waals surface area contributed by atoms with Crippen molar-refractivity contribution in [2.24, 2.45) is 0 Å². The van der Waals surface area contributed by atoms with Gasteiger partial charge in [0.1, 0.15) is 17.7 Å². The lowest BCUT2D eigenvalue weighted by molar-refractivity contribution is 0.00144. The lowest BCUT2D eigenvalue weighted by atomic mass is 9.85. The Bertz CT molecular complexity index is 1840. The van der Waals surface area contributed by atoms with Crippen LogP contribution in [0.4, 0.5) is 5.82 Å². The molecule has 3 aromatic heterocycles. The molecule has 2 aromatic carbocycles. The van der Waals surface area contributed by atoms with Gasteiger partial charge in [-0.3, -0.25) is 14.6 Å². The Balaban J connectivity index is 1.09. The molecule has 7 rings (SSSR count). The maximum Gasteiger partial charge on any atom is 0.183 e. The van der Waals surface area contributed by atoms with Crippen LogP contribution in [0.2, 0.25) is 0 Å². The summed E-state index contributed by atoms with van der Waals surface area (Å²) in [5, 5.41) is 31.8. The number of pyridine rings is 1. The van der Waals surface area contributed by atoms with Crippen LogP contribution in [0, 0.1) is 6.92 Å². The Hall–Kier alpha value is -4.29. The van der Waals surface area contributed by atoms with E-state index >= 15 is 0 Å². The number of aliphatic hydroxyl groups excluding tert-OH is 1. The van der Waals surface area contributed by atoms with Gasteiger partial charge in [0.2, 0.25) is 0 Å². The van der Waals surface area contributed by atoms with Crippen molar-refractivity contribution in [2.75, 3.05) is 32.1 Å². The van der Waals surface area contributed by atoms with Crippen molar-refractivity contribution >= 4 is 11.5 Å². The Kier molecular flexibility index (Phi) is 8.48. The van der Waals surface area contributed by atoms with Crippen molar-refractivity contribution in [1.29, 1.82) is 0 Å². The standard InChI is InChI=1S/C36H44N8O3/c1-23-10-12-24(13-11-23)44-33(20-31(41-44)36(2,3)4)38-35(45)37-28-15-16-30(27-9-7-6-8-26(27)28)47-25-14-17-32-39-40-34(43(32)21-25)29-22-46-19-18-42(29)5/h6-14,17,20-21,28-30,35,37-38,45H,15-16,18-19,22H2,1-5H3/t28-,29+,30?,35?/m0/s1. The number of rotatable bonds is 8. The predicted octanol–water partition coefficient (Wildman–Crippen LogP) is 5.46. The van der Waals surface area contributed by atoms with Crippen LogP contribution in [0.5, 0.6) is 5.75 Å². The van der Waals surface area contributed by atoms with Gasteiger partial charge in [0, 0.05) is 24.1 Å². The number of fused-ring (bicyclic) bond motifs is 2. The van der Waals surface area contributed by atoms with Crippen molar-refractivity contribution in [3.05, 3.63) is 101 Å². The molecule has 1 fully saturated rings. The average molecular weight is 637 g/mol. The van der Waals surface area contributed by atoms with E-state index in [4.69, 9.17) is 14.6 Å². The molecule has 0 amide bonds. The van der Waals surface area contributed by atoms with E-state index < -0.39 is 6.35 Å². The molecule has 2 aliphatic rings. The van der Waals surface area contributed by atoms with E-state index in [-0.39, 0.29) is 23.6 Å². The number of ether oxygens (including phenoxy) is 2. The highest BCUT2D eigenvalue weighted by Crippen LogP contribution is 2.39. The van der Waals surface area contributed by atoms with Crippen molar-refractivity contribution in [1.82, 2.24) is 34.6 Å². The molecule has 5 aromatic rings. The largest absolute Gasteiger partial charge is 0.484 e. The van der Waals surface area contributed by atoms with Gasteiger partial charge < -0.3 is 19.9 Å². The first-order valence-electron chi connectivity index (χ1n) is 16.4. The highest BCUT2D eigenvalue weighted by molar-refractivity contribution is 5.48. The Labute approximate surface area is 275 Å². The van der Waals surface area contributed by atoms with Gasteiger partial charge in [-0.25, -0.2) is 4.68 Å². The molecule has 0 spiro atoms. The fourth-order valence-electron chi connectivity index (χ4n) is 6.46. The molecule has 4 atom stereocenters. The van der Waals surface area contributed by atoms with Crippen LogP contribution < -0.4 is 15.4 Å². The number of anilines is 1. The third-order valence-electron chi connectivity index (χ3n) is 9.21. The molecule has 1 saturated heterocycles. The summed E-state index contributed by atoms with van der Waals surface area (Å²) in [6.07, 6.45) is 2.41. The number of morpholine rings is 1. The van der Waals surface area contributed by atoms with Gasteiger partial charge in [-0.05, 0) is 62.2 Å². The minimum atomic E-state index is -1.00. The summed E-state index contributed by atoms with van der Waals surface area (Å²) in [6, 6.07) is 22.4. The number of nitrogens with zero attached hydrogens (tertiary/aromatic N) is 6. The molecule has 0 radical (unpaired) electrons. The minimum Gasteiger partial charge on any atom is -0.484 e. The fourth-order valence-corrected chi connectivity index (χ4v) is 6.46. The number of aromatic nitrogens is 5. The molecular formula is C36H44N8O3. The van der Waals surface area contributed by atoms with Crippen molar-refractivity contribution in [3.8, 4) is 11.4 Å². The van der Waals surface area contributed by atoms with E-state index in [0.29, 0.717) is 6.61 Å². The van der Waals surface area contributed by atoms with E-state index in [0.717, 1.165) is 71.5 Å². The number of aryl methyl sites for hydroxylation is 1. The molecule has 11 nitrogen and oxygen atoms in total. The van der Waals surface area contributed by atoms with Crippen LogP contribution in [0.1, 0.15) is 80.0 Å². The van der Waals surface area contributed by atoms with E-state index in [1.165, 1.54) is 5.56 Å². The summed E-state index contributed by atoms with van der Waals surface area (Å²) in [5.74, 6) is 2.32. The zero-order chi connectivity index (χ0) is 32.7. The number of nitrogens with one attached hydrogen (secondary N) is 2. The molecule has 246 valence electrons. The fraction of sp³-hybridized carbons (Fsp3) is 0.417. The first-order valence-corrected chi connectivity index (χ1v) is 16.4. The molecule has 0 saturated carbocycles. The second-order valence-electron chi connectivity index (χ2n) is 13.7. The maximum atomic E-state index is 11.3. The maximum absolute atomic E-state index is 11.3. The summed E-state index contributed by atoms with van der Waals surface area (Å²) in [5.41, 5.74) is 5.89. The van der Waals surface area contributed by atoms with E-state index in [9.17, 15) is 5.11 Å². The summed E-state index contributed by atoms with van der Waals surface area (Å²) in [6.45, 7) is 10.6. The first kappa shape index (κ1) is 31.3. The quantitative estimate of drug-likeness (QED) is 0.191. The highest BCUT2D eigenvalue weighted by atomic mass is 16.5. The van der Waals surface area contributed by atoms with Gasteiger partial charge in [0.15, 0.2) is 17.8 Å². The molecule has 4 heterocycles. The molecule has 0 bridgehead atoms. The van der Waals surface area contributed by atoms with Crippen LogP contribution >= 0.6 is 0 Å².